The third-order valence-electron chi connectivity index (χ3n) is 3.93. The molecule has 0 aliphatic carbocycles. The van der Waals surface area contributed by atoms with Crippen LogP contribution in [-0.2, 0) is 0 Å². The highest BCUT2D eigenvalue weighted by molar-refractivity contribution is 5.56. The van der Waals surface area contributed by atoms with Crippen molar-refractivity contribution in [3.8, 4) is 0 Å². The van der Waals surface area contributed by atoms with Gasteiger partial charge in [-0.1, -0.05) is 19.8 Å². The summed E-state index contributed by atoms with van der Waals surface area (Å²) in [4.78, 5) is 2.25. The third kappa shape index (κ3) is 2.60. The van der Waals surface area contributed by atoms with Crippen LogP contribution >= 0.6 is 0 Å². The molecule has 1 heterocycles. The monoisotopic (exact) mass is 250 g/mol. The van der Waals surface area contributed by atoms with Crippen molar-refractivity contribution in [2.24, 2.45) is 0 Å². The Bertz CT molecular complexity index is 405. The minimum atomic E-state index is -0.190. The number of hydrogen-bond acceptors (Lipinski definition) is 2. The highest BCUT2D eigenvalue weighted by atomic mass is 19.1. The van der Waals surface area contributed by atoms with Crippen LogP contribution in [0.25, 0.3) is 0 Å². The van der Waals surface area contributed by atoms with Gasteiger partial charge in [-0.25, -0.2) is 4.39 Å². The van der Waals surface area contributed by atoms with Crippen molar-refractivity contribution < 1.29 is 4.39 Å². The number of rotatable bonds is 4. The van der Waals surface area contributed by atoms with Crippen LogP contribution in [0.4, 0.5) is 15.8 Å². The Morgan fingerprint density at radius 3 is 2.83 bits per heavy atom. The molecule has 0 bridgehead atoms. The molecule has 18 heavy (non-hydrogen) atoms. The third-order valence-corrected chi connectivity index (χ3v) is 3.93. The van der Waals surface area contributed by atoms with E-state index in [0.717, 1.165) is 18.5 Å². The number of halogens is 1. The van der Waals surface area contributed by atoms with E-state index in [4.69, 9.17) is 5.73 Å². The number of nitrogens with two attached hydrogens (primary N) is 1. The minimum Gasteiger partial charge on any atom is -0.399 e. The largest absolute Gasteiger partial charge is 0.399 e. The van der Waals surface area contributed by atoms with Crippen molar-refractivity contribution >= 4 is 11.4 Å². The summed E-state index contributed by atoms with van der Waals surface area (Å²) >= 11 is 0. The zero-order chi connectivity index (χ0) is 13.1. The van der Waals surface area contributed by atoms with E-state index >= 15 is 0 Å². The lowest BCUT2D eigenvalue weighted by Gasteiger charge is -2.31. The van der Waals surface area contributed by atoms with Gasteiger partial charge in [-0.3, -0.25) is 0 Å². The molecule has 1 aliphatic rings. The van der Waals surface area contributed by atoms with Gasteiger partial charge in [-0.05, 0) is 44.4 Å². The van der Waals surface area contributed by atoms with Gasteiger partial charge in [0.25, 0.3) is 0 Å². The van der Waals surface area contributed by atoms with E-state index in [0.29, 0.717) is 17.8 Å². The standard InChI is InChI=1S/C15H23FN2/c1-3-4-5-13-8-6-11(2)18(13)15-9-7-12(17)10-14(15)16/h7,9-11,13H,3-6,8,17H2,1-2H3. The van der Waals surface area contributed by atoms with Crippen molar-refractivity contribution in [3.05, 3.63) is 24.0 Å². The van der Waals surface area contributed by atoms with Gasteiger partial charge in [0.1, 0.15) is 5.82 Å². The fraction of sp³-hybridized carbons (Fsp3) is 0.600. The molecule has 1 aromatic rings. The first-order valence-corrected chi connectivity index (χ1v) is 6.96. The molecule has 0 spiro atoms. The van der Waals surface area contributed by atoms with Gasteiger partial charge in [-0.2, -0.15) is 0 Å². The lowest BCUT2D eigenvalue weighted by atomic mass is 10.1. The Morgan fingerprint density at radius 2 is 2.17 bits per heavy atom. The highest BCUT2D eigenvalue weighted by Crippen LogP contribution is 2.34. The summed E-state index contributed by atoms with van der Waals surface area (Å²) in [5, 5.41) is 0. The predicted octanol–water partition coefficient (Wildman–Crippen LogP) is 3.96. The van der Waals surface area contributed by atoms with E-state index in [2.05, 4.69) is 18.7 Å². The van der Waals surface area contributed by atoms with Crippen LogP contribution in [-0.4, -0.2) is 12.1 Å². The zero-order valence-corrected chi connectivity index (χ0v) is 11.3. The van der Waals surface area contributed by atoms with Crippen molar-refractivity contribution in [1.82, 2.24) is 0 Å². The van der Waals surface area contributed by atoms with Crippen molar-refractivity contribution in [3.63, 3.8) is 0 Å². The average molecular weight is 250 g/mol. The number of benzene rings is 1. The Labute approximate surface area is 109 Å². The average Bonchev–Trinajstić information content (AvgIpc) is 2.68. The minimum absolute atomic E-state index is 0.190. The molecule has 1 saturated heterocycles. The van der Waals surface area contributed by atoms with Crippen molar-refractivity contribution in [1.29, 1.82) is 0 Å². The number of nitrogens with zero attached hydrogens (tertiary/aromatic N) is 1. The zero-order valence-electron chi connectivity index (χ0n) is 11.3. The second kappa shape index (κ2) is 5.59. The molecule has 100 valence electrons. The molecule has 0 aromatic heterocycles. The first-order chi connectivity index (χ1) is 8.63. The molecule has 1 aliphatic heterocycles. The summed E-state index contributed by atoms with van der Waals surface area (Å²) in [5.74, 6) is -0.190. The molecule has 3 heteroatoms. The summed E-state index contributed by atoms with van der Waals surface area (Å²) in [6, 6.07) is 5.95. The molecule has 0 saturated carbocycles. The lowest BCUT2D eigenvalue weighted by molar-refractivity contribution is 0.548. The summed E-state index contributed by atoms with van der Waals surface area (Å²) < 4.78 is 14.0. The SMILES string of the molecule is CCCCC1CCC(C)N1c1ccc(N)cc1F. The maximum absolute atomic E-state index is 14.0. The van der Waals surface area contributed by atoms with E-state index in [1.807, 2.05) is 6.07 Å². The lowest BCUT2D eigenvalue weighted by Crippen LogP contribution is -2.35. The van der Waals surface area contributed by atoms with Crippen molar-refractivity contribution in [2.75, 3.05) is 10.6 Å². The summed E-state index contributed by atoms with van der Waals surface area (Å²) in [6.07, 6.45) is 5.89. The maximum atomic E-state index is 14.0. The number of anilines is 2. The Morgan fingerprint density at radius 1 is 1.39 bits per heavy atom. The number of hydrogen-bond donors (Lipinski definition) is 1. The first kappa shape index (κ1) is 13.2. The van der Waals surface area contributed by atoms with Crippen molar-refractivity contribution in [2.45, 2.75) is 58.0 Å². The quantitative estimate of drug-likeness (QED) is 0.820. The molecule has 0 radical (unpaired) electrons. The fourth-order valence-corrected chi connectivity index (χ4v) is 2.96. The highest BCUT2D eigenvalue weighted by Gasteiger charge is 2.31. The molecular weight excluding hydrogens is 227 g/mol. The molecule has 2 nitrogen and oxygen atoms in total. The van der Waals surface area contributed by atoms with Crippen LogP contribution in [0.1, 0.15) is 46.0 Å². The molecule has 2 N–H and O–H groups in total. The second-order valence-corrected chi connectivity index (χ2v) is 5.34. The van der Waals surface area contributed by atoms with E-state index in [-0.39, 0.29) is 5.82 Å². The van der Waals surface area contributed by atoms with Gasteiger partial charge in [-0.15, -0.1) is 0 Å². The van der Waals surface area contributed by atoms with Gasteiger partial charge in [0, 0.05) is 17.8 Å². The second-order valence-electron chi connectivity index (χ2n) is 5.34. The van der Waals surface area contributed by atoms with Gasteiger partial charge in [0.2, 0.25) is 0 Å². The van der Waals surface area contributed by atoms with Crippen LogP contribution in [0, 0.1) is 5.82 Å². The van der Waals surface area contributed by atoms with Gasteiger partial charge in [0.15, 0.2) is 0 Å². The molecule has 0 amide bonds. The smallest absolute Gasteiger partial charge is 0.148 e. The van der Waals surface area contributed by atoms with E-state index in [1.54, 1.807) is 6.07 Å². The normalized spacial score (nSPS) is 23.6. The summed E-state index contributed by atoms with van der Waals surface area (Å²) in [5.41, 5.74) is 6.83. The van der Waals surface area contributed by atoms with E-state index < -0.39 is 0 Å². The summed E-state index contributed by atoms with van der Waals surface area (Å²) in [7, 11) is 0. The maximum Gasteiger partial charge on any atom is 0.148 e. The van der Waals surface area contributed by atoms with Crippen LogP contribution in [0.5, 0.6) is 0 Å². The Hall–Kier alpha value is -1.25. The molecule has 1 fully saturated rings. The number of unbranched alkanes of at least 4 members (excludes halogenated alkanes) is 1. The number of nitrogen functional groups attached to an aromatic ring is 1. The van der Waals surface area contributed by atoms with Gasteiger partial charge >= 0.3 is 0 Å². The van der Waals surface area contributed by atoms with Crippen LogP contribution in [0.2, 0.25) is 0 Å². The predicted molar refractivity (Wildman–Crippen MR) is 75.3 cm³/mol. The van der Waals surface area contributed by atoms with E-state index in [9.17, 15) is 4.39 Å². The molecule has 2 unspecified atom stereocenters. The fourth-order valence-electron chi connectivity index (χ4n) is 2.96. The van der Waals surface area contributed by atoms with Crippen LogP contribution in [0.3, 0.4) is 0 Å². The first-order valence-electron chi connectivity index (χ1n) is 6.96. The van der Waals surface area contributed by atoms with Crippen LogP contribution < -0.4 is 10.6 Å². The molecule has 1 aromatic carbocycles. The van der Waals surface area contributed by atoms with Gasteiger partial charge < -0.3 is 10.6 Å². The molecule has 2 rings (SSSR count). The van der Waals surface area contributed by atoms with E-state index in [1.165, 1.54) is 25.3 Å². The molecular formula is C15H23FN2. The summed E-state index contributed by atoms with van der Waals surface area (Å²) in [6.45, 7) is 4.38. The topological polar surface area (TPSA) is 29.3 Å². The Balaban J connectivity index is 2.22. The molecule has 2 atom stereocenters. The Kier molecular flexibility index (Phi) is 4.10. The van der Waals surface area contributed by atoms with Crippen LogP contribution in [0.15, 0.2) is 18.2 Å². The van der Waals surface area contributed by atoms with Gasteiger partial charge in [0.05, 0.1) is 5.69 Å².